The van der Waals surface area contributed by atoms with E-state index in [1.54, 1.807) is 37.3 Å². The molecule has 0 unspecified atom stereocenters. The number of carbonyl (C=O) groups is 2. The Morgan fingerprint density at radius 2 is 1.81 bits per heavy atom. The molecule has 0 saturated carbocycles. The minimum Gasteiger partial charge on any atom is -0.493 e. The van der Waals surface area contributed by atoms with Gasteiger partial charge in [-0.25, -0.2) is 0 Å². The van der Waals surface area contributed by atoms with Crippen LogP contribution in [0.4, 0.5) is 0 Å². The van der Waals surface area contributed by atoms with E-state index in [2.05, 4.69) is 5.10 Å². The lowest BCUT2D eigenvalue weighted by atomic mass is 10.1. The van der Waals surface area contributed by atoms with Crippen molar-refractivity contribution in [2.75, 3.05) is 6.61 Å². The molecule has 2 aromatic rings. The van der Waals surface area contributed by atoms with Gasteiger partial charge in [-0.15, -0.1) is 0 Å². The number of nitrogens with zero attached hydrogens (tertiary/aromatic N) is 2. The first-order chi connectivity index (χ1) is 12.6. The summed E-state index contributed by atoms with van der Waals surface area (Å²) in [7, 11) is 0. The van der Waals surface area contributed by atoms with Crippen LogP contribution in [0.5, 0.6) is 5.75 Å². The average molecular weight is 348 g/mol. The fourth-order valence-electron chi connectivity index (χ4n) is 2.62. The van der Waals surface area contributed by atoms with Crippen LogP contribution in [0.15, 0.2) is 65.3 Å². The normalized spacial score (nSPS) is 15.3. The van der Waals surface area contributed by atoms with Gasteiger partial charge in [0.05, 0.1) is 17.9 Å². The van der Waals surface area contributed by atoms with Crippen molar-refractivity contribution in [3.8, 4) is 5.75 Å². The van der Waals surface area contributed by atoms with Gasteiger partial charge in [-0.3, -0.25) is 9.59 Å². The molecule has 0 N–H and O–H groups in total. The Kier molecular flexibility index (Phi) is 5.27. The molecule has 0 radical (unpaired) electrons. The van der Waals surface area contributed by atoms with E-state index in [0.717, 1.165) is 17.0 Å². The van der Waals surface area contributed by atoms with Crippen LogP contribution in [0.3, 0.4) is 0 Å². The molecular weight excluding hydrogens is 328 g/mol. The molecule has 1 aliphatic heterocycles. The molecule has 1 aliphatic rings. The largest absolute Gasteiger partial charge is 0.493 e. The lowest BCUT2D eigenvalue weighted by Crippen LogP contribution is -2.29. The zero-order chi connectivity index (χ0) is 18.5. The van der Waals surface area contributed by atoms with Crippen molar-refractivity contribution in [3.63, 3.8) is 0 Å². The molecule has 0 atom stereocenters. The van der Waals surface area contributed by atoms with Crippen molar-refractivity contribution in [3.05, 3.63) is 71.3 Å². The van der Waals surface area contributed by atoms with Crippen molar-refractivity contribution in [1.29, 1.82) is 0 Å². The van der Waals surface area contributed by atoms with Crippen LogP contribution >= 0.6 is 0 Å². The van der Waals surface area contributed by atoms with Gasteiger partial charge in [0.15, 0.2) is 0 Å². The van der Waals surface area contributed by atoms with E-state index in [1.165, 1.54) is 0 Å². The highest BCUT2D eigenvalue weighted by atomic mass is 16.5. The third-order valence-electron chi connectivity index (χ3n) is 3.96. The molecule has 1 heterocycles. The molecule has 132 valence electrons. The number of para-hydroxylation sites is 1. The highest BCUT2D eigenvalue weighted by Gasteiger charge is 2.33. The predicted octanol–water partition coefficient (Wildman–Crippen LogP) is 3.92. The summed E-state index contributed by atoms with van der Waals surface area (Å²) in [5, 5.41) is 5.08. The summed E-state index contributed by atoms with van der Waals surface area (Å²) < 4.78 is 5.73. The molecule has 0 aromatic heterocycles. The monoisotopic (exact) mass is 348 g/mol. The minimum absolute atomic E-state index is 0.391. The third kappa shape index (κ3) is 3.57. The summed E-state index contributed by atoms with van der Waals surface area (Å²) in [6, 6.07) is 16.1. The highest BCUT2D eigenvalue weighted by Crippen LogP contribution is 2.25. The van der Waals surface area contributed by atoms with Gasteiger partial charge >= 0.3 is 0 Å². The Labute approximate surface area is 152 Å². The molecule has 3 rings (SSSR count). The Balaban J connectivity index is 1.89. The van der Waals surface area contributed by atoms with Gasteiger partial charge in [0.2, 0.25) is 0 Å². The third-order valence-corrected chi connectivity index (χ3v) is 3.96. The standard InChI is InChI=1S/C21H20N2O3/c1-3-13-26-19-12-8-7-11-17(19)14-18-15(2)22-23(21(18)25)20(24)16-9-5-4-6-10-16/h4-12,14H,3,13H2,1-2H3/b18-14+. The van der Waals surface area contributed by atoms with Crippen LogP contribution in [0, 0.1) is 0 Å². The van der Waals surface area contributed by atoms with E-state index in [1.807, 2.05) is 37.3 Å². The van der Waals surface area contributed by atoms with Gasteiger partial charge in [0.25, 0.3) is 11.8 Å². The van der Waals surface area contributed by atoms with Gasteiger partial charge < -0.3 is 4.74 Å². The smallest absolute Gasteiger partial charge is 0.283 e. The Bertz CT molecular complexity index is 885. The Hall–Kier alpha value is -3.21. The summed E-state index contributed by atoms with van der Waals surface area (Å²) >= 11 is 0. The second-order valence-electron chi connectivity index (χ2n) is 5.92. The topological polar surface area (TPSA) is 59.0 Å². The summed E-state index contributed by atoms with van der Waals surface area (Å²) in [5.74, 6) is -0.161. The van der Waals surface area contributed by atoms with Crippen LogP contribution in [0.1, 0.15) is 36.2 Å². The second kappa shape index (κ2) is 7.78. The van der Waals surface area contributed by atoms with Crippen molar-refractivity contribution >= 4 is 23.6 Å². The maximum atomic E-state index is 12.7. The summed E-state index contributed by atoms with van der Waals surface area (Å²) in [4.78, 5) is 25.3. The molecule has 0 fully saturated rings. The first kappa shape index (κ1) is 17.6. The maximum absolute atomic E-state index is 12.7. The fraction of sp³-hybridized carbons (Fsp3) is 0.190. The first-order valence-electron chi connectivity index (χ1n) is 8.54. The number of hydrogen-bond donors (Lipinski definition) is 0. The Morgan fingerprint density at radius 1 is 1.12 bits per heavy atom. The number of amides is 2. The van der Waals surface area contributed by atoms with Crippen LogP contribution in [0.2, 0.25) is 0 Å². The number of ether oxygens (including phenoxy) is 1. The van der Waals surface area contributed by atoms with Crippen LogP contribution in [0.25, 0.3) is 6.08 Å². The Morgan fingerprint density at radius 3 is 2.54 bits per heavy atom. The lowest BCUT2D eigenvalue weighted by molar-refractivity contribution is -0.123. The van der Waals surface area contributed by atoms with Crippen molar-refractivity contribution < 1.29 is 14.3 Å². The summed E-state index contributed by atoms with van der Waals surface area (Å²) in [5.41, 5.74) is 2.10. The van der Waals surface area contributed by atoms with Crippen LogP contribution in [-0.4, -0.2) is 29.1 Å². The number of carbonyl (C=O) groups excluding carboxylic acids is 2. The zero-order valence-corrected chi connectivity index (χ0v) is 14.8. The molecule has 26 heavy (non-hydrogen) atoms. The molecule has 5 nitrogen and oxygen atoms in total. The zero-order valence-electron chi connectivity index (χ0n) is 14.8. The van der Waals surface area contributed by atoms with Crippen molar-refractivity contribution in [2.45, 2.75) is 20.3 Å². The van der Waals surface area contributed by atoms with E-state index in [0.29, 0.717) is 29.2 Å². The lowest BCUT2D eigenvalue weighted by Gasteiger charge is -2.10. The number of benzene rings is 2. The highest BCUT2D eigenvalue weighted by molar-refractivity contribution is 6.30. The van der Waals surface area contributed by atoms with Crippen molar-refractivity contribution in [2.24, 2.45) is 5.10 Å². The van der Waals surface area contributed by atoms with Gasteiger partial charge in [-0.2, -0.15) is 10.1 Å². The number of hydrogen-bond acceptors (Lipinski definition) is 4. The summed E-state index contributed by atoms with van der Waals surface area (Å²) in [6.45, 7) is 4.35. The molecular formula is C21H20N2O3. The SMILES string of the molecule is CCCOc1ccccc1/C=C1/C(=O)N(C(=O)c2ccccc2)N=C1C. The number of rotatable bonds is 5. The molecule has 2 amide bonds. The van der Waals surface area contributed by atoms with E-state index in [9.17, 15) is 9.59 Å². The van der Waals surface area contributed by atoms with E-state index >= 15 is 0 Å². The average Bonchev–Trinajstić information content (AvgIpc) is 2.95. The van der Waals surface area contributed by atoms with Crippen LogP contribution < -0.4 is 4.74 Å². The molecule has 0 bridgehead atoms. The van der Waals surface area contributed by atoms with Crippen molar-refractivity contribution in [1.82, 2.24) is 5.01 Å². The maximum Gasteiger partial charge on any atom is 0.283 e. The quantitative estimate of drug-likeness (QED) is 0.608. The van der Waals surface area contributed by atoms with Gasteiger partial charge in [-0.05, 0) is 37.6 Å². The molecule has 0 spiro atoms. The fourth-order valence-corrected chi connectivity index (χ4v) is 2.62. The van der Waals surface area contributed by atoms with E-state index in [-0.39, 0.29) is 0 Å². The van der Waals surface area contributed by atoms with E-state index < -0.39 is 11.8 Å². The molecule has 0 aliphatic carbocycles. The summed E-state index contributed by atoms with van der Waals surface area (Å²) in [6.07, 6.45) is 2.62. The minimum atomic E-state index is -0.436. The van der Waals surface area contributed by atoms with E-state index in [4.69, 9.17) is 4.74 Å². The van der Waals surface area contributed by atoms with Gasteiger partial charge in [-0.1, -0.05) is 43.3 Å². The molecule has 0 saturated heterocycles. The second-order valence-corrected chi connectivity index (χ2v) is 5.92. The number of hydrazone groups is 1. The first-order valence-corrected chi connectivity index (χ1v) is 8.54. The predicted molar refractivity (Wildman–Crippen MR) is 101 cm³/mol. The van der Waals surface area contributed by atoms with Gasteiger partial charge in [0, 0.05) is 11.1 Å². The van der Waals surface area contributed by atoms with Gasteiger partial charge in [0.1, 0.15) is 5.75 Å². The molecule has 5 heteroatoms. The molecule has 2 aromatic carbocycles. The van der Waals surface area contributed by atoms with Crippen LogP contribution in [-0.2, 0) is 4.79 Å². The number of imide groups is 1.